The molecule has 1 aromatic carbocycles. The summed E-state index contributed by atoms with van der Waals surface area (Å²) in [5, 5.41) is 0.137. The molecule has 0 spiro atoms. The van der Waals surface area contributed by atoms with Gasteiger partial charge in [-0.05, 0) is 43.0 Å². The Balaban J connectivity index is 2.95. The Morgan fingerprint density at radius 2 is 1.78 bits per heavy atom. The quantitative estimate of drug-likeness (QED) is 0.304. The van der Waals surface area contributed by atoms with Gasteiger partial charge in [0, 0.05) is 6.08 Å². The lowest BCUT2D eigenvalue weighted by Gasteiger charge is -2.40. The molecule has 0 bridgehead atoms. The number of esters is 1. The molecule has 0 aliphatic carbocycles. The second-order valence-corrected chi connectivity index (χ2v) is 13.5. The Morgan fingerprint density at radius 1 is 1.19 bits per heavy atom. The number of aryl methyl sites for hydroxylation is 1. The minimum absolute atomic E-state index is 0.0218. The average molecular weight is 389 g/mol. The molecule has 0 aromatic heterocycles. The number of carbonyl (C=O) groups is 1. The van der Waals surface area contributed by atoms with E-state index >= 15 is 0 Å². The summed E-state index contributed by atoms with van der Waals surface area (Å²) >= 11 is 0. The van der Waals surface area contributed by atoms with Gasteiger partial charge in [-0.2, -0.15) is 0 Å². The number of benzene rings is 1. The topological polar surface area (TPSA) is 35.5 Å². The minimum atomic E-state index is -1.92. The second-order valence-electron chi connectivity index (χ2n) is 8.71. The lowest BCUT2D eigenvalue weighted by molar-refractivity contribution is -0.134. The van der Waals surface area contributed by atoms with Gasteiger partial charge in [-0.25, -0.2) is 4.79 Å². The molecular weight excluding hydrogens is 352 g/mol. The molecule has 0 aliphatic heterocycles. The van der Waals surface area contributed by atoms with E-state index in [2.05, 4.69) is 84.1 Å². The maximum Gasteiger partial charge on any atom is 0.330 e. The van der Waals surface area contributed by atoms with E-state index in [0.717, 1.165) is 0 Å². The van der Waals surface area contributed by atoms with Crippen LogP contribution in [0, 0.1) is 12.8 Å². The van der Waals surface area contributed by atoms with Crippen molar-refractivity contribution in [3.05, 3.63) is 53.6 Å². The highest BCUT2D eigenvalue weighted by Gasteiger charge is 2.39. The first kappa shape index (κ1) is 23.4. The van der Waals surface area contributed by atoms with Gasteiger partial charge in [0.2, 0.25) is 0 Å². The zero-order valence-electron chi connectivity index (χ0n) is 18.2. The van der Waals surface area contributed by atoms with Crippen molar-refractivity contribution < 1.29 is 14.0 Å². The first-order chi connectivity index (χ1) is 12.5. The second kappa shape index (κ2) is 10.0. The normalized spacial score (nSPS) is 15.3. The number of carbonyl (C=O) groups excluding carboxylic acids is 1. The van der Waals surface area contributed by atoms with Crippen LogP contribution in [0.2, 0.25) is 18.1 Å². The van der Waals surface area contributed by atoms with Crippen molar-refractivity contribution in [1.82, 2.24) is 0 Å². The summed E-state index contributed by atoms with van der Waals surface area (Å²) in [4.78, 5) is 11.4. The van der Waals surface area contributed by atoms with Gasteiger partial charge in [0.05, 0.1) is 13.2 Å². The van der Waals surface area contributed by atoms with Gasteiger partial charge >= 0.3 is 5.97 Å². The largest absolute Gasteiger partial charge is 0.466 e. The fraction of sp³-hybridized carbons (Fsp3) is 0.522. The van der Waals surface area contributed by atoms with Crippen molar-refractivity contribution in [2.45, 2.75) is 65.3 Å². The Hall–Kier alpha value is -1.65. The van der Waals surface area contributed by atoms with Crippen LogP contribution in [0.15, 0.2) is 42.5 Å². The Kier molecular flexibility index (Phi) is 8.70. The van der Waals surface area contributed by atoms with Crippen molar-refractivity contribution in [2.24, 2.45) is 5.92 Å². The first-order valence-corrected chi connectivity index (χ1v) is 12.5. The van der Waals surface area contributed by atoms with E-state index in [1.807, 2.05) is 6.08 Å². The van der Waals surface area contributed by atoms with Crippen LogP contribution >= 0.6 is 0 Å². The summed E-state index contributed by atoms with van der Waals surface area (Å²) in [5.41, 5.74) is 2.44. The van der Waals surface area contributed by atoms with Crippen LogP contribution in [0.3, 0.4) is 0 Å². The van der Waals surface area contributed by atoms with Gasteiger partial charge in [-0.3, -0.25) is 0 Å². The number of ether oxygens (including phenoxy) is 1. The van der Waals surface area contributed by atoms with Crippen LogP contribution in [0.4, 0.5) is 0 Å². The monoisotopic (exact) mass is 388 g/mol. The third-order valence-corrected chi connectivity index (χ3v) is 9.84. The number of rotatable bonds is 8. The molecule has 0 saturated heterocycles. The molecule has 150 valence electrons. The summed E-state index contributed by atoms with van der Waals surface area (Å²) < 4.78 is 11.4. The van der Waals surface area contributed by atoms with Crippen molar-refractivity contribution in [1.29, 1.82) is 0 Å². The summed E-state index contributed by atoms with van der Waals surface area (Å²) in [6.07, 6.45) is 8.40. The molecule has 0 saturated carbocycles. The summed E-state index contributed by atoms with van der Waals surface area (Å²) in [5.74, 6) is -0.105. The van der Waals surface area contributed by atoms with Gasteiger partial charge in [0.15, 0.2) is 8.32 Å². The van der Waals surface area contributed by atoms with E-state index in [0.29, 0.717) is 6.42 Å². The van der Waals surface area contributed by atoms with Crippen LogP contribution in [-0.2, 0) is 14.0 Å². The first-order valence-electron chi connectivity index (χ1n) is 9.63. The molecule has 0 amide bonds. The maximum atomic E-state index is 11.4. The zero-order chi connectivity index (χ0) is 20.7. The Labute approximate surface area is 166 Å². The van der Waals surface area contributed by atoms with Crippen molar-refractivity contribution >= 4 is 20.4 Å². The molecule has 4 heteroatoms. The highest BCUT2D eigenvalue weighted by Crippen LogP contribution is 2.38. The van der Waals surface area contributed by atoms with Crippen molar-refractivity contribution in [3.8, 4) is 0 Å². The van der Waals surface area contributed by atoms with Crippen molar-refractivity contribution in [2.75, 3.05) is 7.11 Å². The smallest absolute Gasteiger partial charge is 0.330 e. The minimum Gasteiger partial charge on any atom is -0.466 e. The molecule has 0 heterocycles. The highest BCUT2D eigenvalue weighted by atomic mass is 28.4. The van der Waals surface area contributed by atoms with Crippen LogP contribution in [0.25, 0.3) is 6.08 Å². The molecule has 0 unspecified atom stereocenters. The summed E-state index contributed by atoms with van der Waals surface area (Å²) in [6, 6.07) is 8.49. The third-order valence-electron chi connectivity index (χ3n) is 5.33. The standard InChI is InChI=1S/C23H36O3Si/c1-18-12-15-20(16-13-18)17-14-19(2)21(10-9-11-22(24)25-6)26-27(7,8)23(3,4)5/h9,11-17,19,21H,10H2,1-8H3/b11-9+,17-14+/t19-,21+/m1/s1. The lowest BCUT2D eigenvalue weighted by Crippen LogP contribution is -2.45. The number of methoxy groups -OCH3 is 1. The Morgan fingerprint density at radius 3 is 2.30 bits per heavy atom. The molecule has 3 nitrogen and oxygen atoms in total. The van der Waals surface area contributed by atoms with Gasteiger partial charge in [0.1, 0.15) is 0 Å². The molecule has 0 radical (unpaired) electrons. The molecular formula is C23H36O3Si. The molecule has 0 N–H and O–H groups in total. The average Bonchev–Trinajstić information content (AvgIpc) is 2.58. The van der Waals surface area contributed by atoms with Crippen LogP contribution < -0.4 is 0 Å². The number of hydrogen-bond donors (Lipinski definition) is 0. The molecule has 1 rings (SSSR count). The predicted octanol–water partition coefficient (Wildman–Crippen LogP) is 6.15. The van der Waals surface area contributed by atoms with Crippen LogP contribution in [0.5, 0.6) is 0 Å². The summed E-state index contributed by atoms with van der Waals surface area (Å²) in [7, 11) is -0.524. The van der Waals surface area contributed by atoms with Crippen LogP contribution in [0.1, 0.15) is 45.2 Å². The van der Waals surface area contributed by atoms with Gasteiger partial charge in [-0.15, -0.1) is 0 Å². The summed E-state index contributed by atoms with van der Waals surface area (Å²) in [6.45, 7) is 15.5. The van der Waals surface area contributed by atoms with E-state index in [-0.39, 0.29) is 23.0 Å². The number of hydrogen-bond acceptors (Lipinski definition) is 3. The molecule has 1 aromatic rings. The molecule has 0 aliphatic rings. The predicted molar refractivity (Wildman–Crippen MR) is 117 cm³/mol. The fourth-order valence-corrected chi connectivity index (χ4v) is 3.78. The van der Waals surface area contributed by atoms with Gasteiger partial charge in [0.25, 0.3) is 0 Å². The third kappa shape index (κ3) is 7.85. The SMILES string of the molecule is COC(=O)/C=C/C[C@H](O[Si](C)(C)C(C)(C)C)[C@H](C)/C=C/c1ccc(C)cc1. The zero-order valence-corrected chi connectivity index (χ0v) is 19.2. The van der Waals surface area contributed by atoms with E-state index in [9.17, 15) is 4.79 Å². The van der Waals surface area contributed by atoms with Gasteiger partial charge < -0.3 is 9.16 Å². The maximum absolute atomic E-state index is 11.4. The molecule has 2 atom stereocenters. The molecule has 0 fully saturated rings. The van der Waals surface area contributed by atoms with E-state index < -0.39 is 8.32 Å². The van der Waals surface area contributed by atoms with Gasteiger partial charge in [-0.1, -0.05) is 75.8 Å². The van der Waals surface area contributed by atoms with E-state index in [1.54, 1.807) is 0 Å². The van der Waals surface area contributed by atoms with E-state index in [4.69, 9.17) is 9.16 Å². The molecule has 27 heavy (non-hydrogen) atoms. The Bertz CT molecular complexity index is 651. The lowest BCUT2D eigenvalue weighted by atomic mass is 10.00. The van der Waals surface area contributed by atoms with Crippen LogP contribution in [-0.4, -0.2) is 27.5 Å². The fourth-order valence-electron chi connectivity index (χ4n) is 2.36. The van der Waals surface area contributed by atoms with Crippen molar-refractivity contribution in [3.63, 3.8) is 0 Å². The highest BCUT2D eigenvalue weighted by molar-refractivity contribution is 6.74. The van der Waals surface area contributed by atoms with E-state index in [1.165, 1.54) is 24.3 Å².